The molecule has 1 aliphatic rings. The van der Waals surface area contributed by atoms with E-state index >= 15 is 0 Å². The fourth-order valence-corrected chi connectivity index (χ4v) is 4.91. The van der Waals surface area contributed by atoms with E-state index in [0.717, 1.165) is 46.3 Å². The van der Waals surface area contributed by atoms with Crippen LogP contribution in [0.1, 0.15) is 54.1 Å². The van der Waals surface area contributed by atoms with Gasteiger partial charge in [0.1, 0.15) is 5.75 Å². The van der Waals surface area contributed by atoms with Crippen LogP contribution in [0.3, 0.4) is 0 Å². The molecule has 0 amide bonds. The van der Waals surface area contributed by atoms with E-state index in [0.29, 0.717) is 11.8 Å². The van der Waals surface area contributed by atoms with Crippen LogP contribution in [0.15, 0.2) is 53.7 Å². The number of ether oxygens (including phenoxy) is 1. The molecule has 0 radical (unpaired) electrons. The van der Waals surface area contributed by atoms with Crippen molar-refractivity contribution in [1.82, 2.24) is 14.8 Å². The number of carbonyl (C=O) groups excluding carboxylic acids is 1. The molecule has 3 aromatic rings. The van der Waals surface area contributed by atoms with E-state index in [2.05, 4.69) is 14.8 Å². The number of ketones is 1. The van der Waals surface area contributed by atoms with E-state index in [4.69, 9.17) is 4.74 Å². The normalized spacial score (nSPS) is 14.6. The van der Waals surface area contributed by atoms with Crippen molar-refractivity contribution >= 4 is 17.5 Å². The molecular formula is C24H27N3O2S. The van der Waals surface area contributed by atoms with Crippen molar-refractivity contribution in [3.05, 3.63) is 59.7 Å². The van der Waals surface area contributed by atoms with Crippen LogP contribution in [-0.2, 0) is 0 Å². The van der Waals surface area contributed by atoms with Crippen molar-refractivity contribution in [3.8, 4) is 17.1 Å². The Kier molecular flexibility index (Phi) is 6.53. The van der Waals surface area contributed by atoms with Gasteiger partial charge < -0.3 is 4.74 Å². The summed E-state index contributed by atoms with van der Waals surface area (Å²) in [5.41, 5.74) is 2.83. The Labute approximate surface area is 181 Å². The first-order valence-corrected chi connectivity index (χ1v) is 11.5. The average Bonchev–Trinajstić information content (AvgIpc) is 3.22. The topological polar surface area (TPSA) is 57.0 Å². The molecule has 1 fully saturated rings. The smallest absolute Gasteiger partial charge is 0.192 e. The van der Waals surface area contributed by atoms with Gasteiger partial charge in [-0.05, 0) is 31.9 Å². The number of hydrogen-bond acceptors (Lipinski definition) is 5. The Morgan fingerprint density at radius 1 is 1.07 bits per heavy atom. The summed E-state index contributed by atoms with van der Waals surface area (Å²) in [4.78, 5) is 12.7. The van der Waals surface area contributed by atoms with Gasteiger partial charge in [-0.1, -0.05) is 73.0 Å². The summed E-state index contributed by atoms with van der Waals surface area (Å²) in [6.45, 7) is 2.02. The molecular weight excluding hydrogens is 394 g/mol. The Bertz CT molecular complexity index is 1010. The lowest BCUT2D eigenvalue weighted by Gasteiger charge is -2.26. The van der Waals surface area contributed by atoms with Gasteiger partial charge in [-0.15, -0.1) is 10.2 Å². The Morgan fingerprint density at radius 3 is 2.53 bits per heavy atom. The highest BCUT2D eigenvalue weighted by atomic mass is 32.2. The molecule has 0 saturated heterocycles. The number of para-hydroxylation sites is 1. The van der Waals surface area contributed by atoms with Crippen LogP contribution in [0.2, 0.25) is 0 Å². The maximum atomic E-state index is 12.7. The Hall–Kier alpha value is -2.60. The molecule has 1 saturated carbocycles. The predicted molar refractivity (Wildman–Crippen MR) is 120 cm³/mol. The highest BCUT2D eigenvalue weighted by molar-refractivity contribution is 7.99. The van der Waals surface area contributed by atoms with Crippen LogP contribution in [0, 0.1) is 6.92 Å². The van der Waals surface area contributed by atoms with Crippen molar-refractivity contribution in [2.75, 3.05) is 12.9 Å². The molecule has 0 spiro atoms. The predicted octanol–water partition coefficient (Wildman–Crippen LogP) is 5.74. The molecule has 1 aromatic heterocycles. The number of nitrogens with zero attached hydrogens (tertiary/aromatic N) is 3. The van der Waals surface area contributed by atoms with Crippen LogP contribution in [-0.4, -0.2) is 33.4 Å². The number of hydrogen-bond donors (Lipinski definition) is 0. The Balaban J connectivity index is 1.63. The first-order valence-electron chi connectivity index (χ1n) is 10.5. The molecule has 0 atom stereocenters. The van der Waals surface area contributed by atoms with Gasteiger partial charge in [-0.2, -0.15) is 0 Å². The zero-order chi connectivity index (χ0) is 20.9. The quantitative estimate of drug-likeness (QED) is 0.359. The second-order valence-corrected chi connectivity index (χ2v) is 8.69. The minimum Gasteiger partial charge on any atom is -0.496 e. The lowest BCUT2D eigenvalue weighted by Crippen LogP contribution is -2.16. The number of rotatable bonds is 7. The first kappa shape index (κ1) is 20.7. The Morgan fingerprint density at radius 2 is 1.80 bits per heavy atom. The summed E-state index contributed by atoms with van der Waals surface area (Å²) in [5.74, 6) is 2.07. The minimum absolute atomic E-state index is 0.108. The summed E-state index contributed by atoms with van der Waals surface area (Å²) in [7, 11) is 1.68. The SMILES string of the molecule is COc1ccccc1-c1nnc(SCC(=O)c2ccc(C)cc2)n1C1CCCCC1. The molecule has 30 heavy (non-hydrogen) atoms. The zero-order valence-electron chi connectivity index (χ0n) is 17.5. The number of methoxy groups -OCH3 is 1. The van der Waals surface area contributed by atoms with Crippen LogP contribution < -0.4 is 4.74 Å². The second kappa shape index (κ2) is 9.47. The monoisotopic (exact) mass is 421 g/mol. The van der Waals surface area contributed by atoms with E-state index in [1.165, 1.54) is 31.0 Å². The largest absolute Gasteiger partial charge is 0.496 e. The van der Waals surface area contributed by atoms with Gasteiger partial charge in [0, 0.05) is 11.6 Å². The highest BCUT2D eigenvalue weighted by Crippen LogP contribution is 2.38. The second-order valence-electron chi connectivity index (χ2n) is 7.75. The average molecular weight is 422 g/mol. The van der Waals surface area contributed by atoms with E-state index in [9.17, 15) is 4.79 Å². The molecule has 156 valence electrons. The molecule has 5 nitrogen and oxygen atoms in total. The van der Waals surface area contributed by atoms with E-state index < -0.39 is 0 Å². The summed E-state index contributed by atoms with van der Waals surface area (Å²) >= 11 is 1.48. The maximum Gasteiger partial charge on any atom is 0.192 e. The highest BCUT2D eigenvalue weighted by Gasteiger charge is 2.25. The van der Waals surface area contributed by atoms with Gasteiger partial charge in [0.05, 0.1) is 18.4 Å². The molecule has 0 unspecified atom stereocenters. The standard InChI is InChI=1S/C24H27N3O2S/c1-17-12-14-18(15-13-17)21(28)16-30-24-26-25-23(20-10-6-7-11-22(20)29-2)27(24)19-8-4-3-5-9-19/h6-7,10-15,19H,3-5,8-9,16H2,1-2H3. The van der Waals surface area contributed by atoms with Crippen LogP contribution >= 0.6 is 11.8 Å². The fraction of sp³-hybridized carbons (Fsp3) is 0.375. The van der Waals surface area contributed by atoms with Gasteiger partial charge in [0.15, 0.2) is 16.8 Å². The fourth-order valence-electron chi connectivity index (χ4n) is 4.01. The number of aryl methyl sites for hydroxylation is 1. The maximum absolute atomic E-state index is 12.7. The number of Topliss-reactive ketones (excluding diaryl/α,β-unsaturated/α-hetero) is 1. The third kappa shape index (κ3) is 4.43. The molecule has 1 aliphatic carbocycles. The molecule has 0 aliphatic heterocycles. The van der Waals surface area contributed by atoms with Crippen molar-refractivity contribution in [2.45, 2.75) is 50.2 Å². The van der Waals surface area contributed by atoms with Crippen LogP contribution in [0.5, 0.6) is 5.75 Å². The van der Waals surface area contributed by atoms with E-state index in [1.54, 1.807) is 7.11 Å². The van der Waals surface area contributed by atoms with Gasteiger partial charge >= 0.3 is 0 Å². The number of aromatic nitrogens is 3. The van der Waals surface area contributed by atoms with Gasteiger partial charge in [-0.25, -0.2) is 0 Å². The van der Waals surface area contributed by atoms with Gasteiger partial charge in [0.25, 0.3) is 0 Å². The lowest BCUT2D eigenvalue weighted by atomic mass is 9.95. The van der Waals surface area contributed by atoms with Crippen molar-refractivity contribution in [2.24, 2.45) is 0 Å². The van der Waals surface area contributed by atoms with E-state index in [1.807, 2.05) is 55.5 Å². The summed E-state index contributed by atoms with van der Waals surface area (Å²) in [6.07, 6.45) is 5.91. The van der Waals surface area contributed by atoms with E-state index in [-0.39, 0.29) is 5.78 Å². The third-order valence-corrected chi connectivity index (χ3v) is 6.60. The van der Waals surface area contributed by atoms with Crippen molar-refractivity contribution < 1.29 is 9.53 Å². The zero-order valence-corrected chi connectivity index (χ0v) is 18.3. The van der Waals surface area contributed by atoms with Gasteiger partial charge in [0.2, 0.25) is 0 Å². The lowest BCUT2D eigenvalue weighted by molar-refractivity contribution is 0.102. The summed E-state index contributed by atoms with van der Waals surface area (Å²) in [5, 5.41) is 9.83. The molecule has 0 N–H and O–H groups in total. The summed E-state index contributed by atoms with van der Waals surface area (Å²) < 4.78 is 7.82. The van der Waals surface area contributed by atoms with Crippen molar-refractivity contribution in [1.29, 1.82) is 0 Å². The number of benzene rings is 2. The number of carbonyl (C=O) groups is 1. The minimum atomic E-state index is 0.108. The molecule has 1 heterocycles. The summed E-state index contributed by atoms with van der Waals surface area (Å²) in [6, 6.07) is 16.0. The van der Waals surface area contributed by atoms with Crippen molar-refractivity contribution in [3.63, 3.8) is 0 Å². The molecule has 6 heteroatoms. The molecule has 0 bridgehead atoms. The van der Waals surface area contributed by atoms with Crippen LogP contribution in [0.25, 0.3) is 11.4 Å². The van der Waals surface area contributed by atoms with Crippen LogP contribution in [0.4, 0.5) is 0 Å². The number of thioether (sulfide) groups is 1. The molecule has 4 rings (SSSR count). The third-order valence-electron chi connectivity index (χ3n) is 5.66. The van der Waals surface area contributed by atoms with Gasteiger partial charge in [-0.3, -0.25) is 9.36 Å². The molecule has 2 aromatic carbocycles. The first-order chi connectivity index (χ1) is 14.7.